The summed E-state index contributed by atoms with van der Waals surface area (Å²) in [5.41, 5.74) is 4.98. The van der Waals surface area contributed by atoms with Gasteiger partial charge in [-0.05, 0) is 73.4 Å². The first-order valence-corrected chi connectivity index (χ1v) is 14.2. The molecular weight excluding hydrogens is 530 g/mol. The third-order valence-electron chi connectivity index (χ3n) is 6.28. The molecule has 0 saturated heterocycles. The molecule has 0 aliphatic carbocycles. The quantitative estimate of drug-likeness (QED) is 0.210. The van der Waals surface area contributed by atoms with E-state index in [-0.39, 0.29) is 5.91 Å². The molecule has 4 aromatic rings. The van der Waals surface area contributed by atoms with Gasteiger partial charge in [0.1, 0.15) is 18.4 Å². The fraction of sp³-hybridized carbons (Fsp3) is 0.233. The van der Waals surface area contributed by atoms with Gasteiger partial charge in [-0.1, -0.05) is 66.7 Å². The molecule has 1 amide bonds. The number of carbonyl (C=O) groups excluding carboxylic acids is 1. The molecule has 39 heavy (non-hydrogen) atoms. The zero-order valence-electron chi connectivity index (χ0n) is 22.1. The molecule has 1 aliphatic rings. The number of aromatic nitrogens is 3. The number of nitrogens with one attached hydrogen (secondary N) is 2. The molecule has 2 heterocycles. The molecular formula is C30H30ClN5O2S. The van der Waals surface area contributed by atoms with Crippen molar-refractivity contribution in [1.82, 2.24) is 14.8 Å². The molecule has 0 radical (unpaired) electrons. The van der Waals surface area contributed by atoms with Crippen LogP contribution in [0.3, 0.4) is 0 Å². The molecule has 3 aromatic carbocycles. The van der Waals surface area contributed by atoms with E-state index in [1.165, 1.54) is 0 Å². The maximum absolute atomic E-state index is 13.8. The van der Waals surface area contributed by atoms with Gasteiger partial charge in [0.25, 0.3) is 5.91 Å². The maximum atomic E-state index is 13.8. The van der Waals surface area contributed by atoms with Crippen LogP contribution in [-0.4, -0.2) is 26.4 Å². The van der Waals surface area contributed by atoms with Crippen molar-refractivity contribution >= 4 is 40.9 Å². The number of ether oxygens (including phenoxy) is 1. The molecule has 9 heteroatoms. The van der Waals surface area contributed by atoms with Gasteiger partial charge in [-0.2, -0.15) is 4.98 Å². The highest BCUT2D eigenvalue weighted by Crippen LogP contribution is 2.38. The number of carbonyl (C=O) groups is 1. The molecule has 0 spiro atoms. The Morgan fingerprint density at radius 1 is 1.10 bits per heavy atom. The van der Waals surface area contributed by atoms with E-state index >= 15 is 0 Å². The summed E-state index contributed by atoms with van der Waals surface area (Å²) in [5.74, 6) is 2.01. The van der Waals surface area contributed by atoms with Crippen LogP contribution < -0.4 is 15.4 Å². The van der Waals surface area contributed by atoms with Gasteiger partial charge in [0.05, 0.1) is 5.57 Å². The predicted octanol–water partition coefficient (Wildman–Crippen LogP) is 7.25. The third-order valence-corrected chi connectivity index (χ3v) is 7.58. The topological polar surface area (TPSA) is 81.1 Å². The van der Waals surface area contributed by atoms with Crippen molar-refractivity contribution in [1.29, 1.82) is 0 Å². The second-order valence-electron chi connectivity index (χ2n) is 9.39. The molecule has 7 nitrogen and oxygen atoms in total. The predicted molar refractivity (Wildman–Crippen MR) is 158 cm³/mol. The summed E-state index contributed by atoms with van der Waals surface area (Å²) in [6, 6.07) is 22.6. The molecule has 1 aromatic heterocycles. The summed E-state index contributed by atoms with van der Waals surface area (Å²) in [6.07, 6.45) is 1.01. The average Bonchev–Trinajstić information content (AvgIpc) is 3.33. The van der Waals surface area contributed by atoms with Gasteiger partial charge in [-0.15, -0.1) is 5.10 Å². The molecule has 1 unspecified atom stereocenters. The Bertz CT molecular complexity index is 1520. The summed E-state index contributed by atoms with van der Waals surface area (Å²) in [7, 11) is 0. The lowest BCUT2D eigenvalue weighted by molar-refractivity contribution is -0.113. The minimum atomic E-state index is -0.492. The van der Waals surface area contributed by atoms with E-state index in [4.69, 9.17) is 26.4 Å². The van der Waals surface area contributed by atoms with E-state index in [1.807, 2.05) is 86.6 Å². The molecule has 0 bridgehead atoms. The number of fused-ring (bicyclic) bond motifs is 1. The zero-order valence-corrected chi connectivity index (χ0v) is 23.6. The minimum Gasteiger partial charge on any atom is -0.489 e. The first-order chi connectivity index (χ1) is 18.9. The van der Waals surface area contributed by atoms with Crippen LogP contribution in [0.25, 0.3) is 0 Å². The second-order valence-corrected chi connectivity index (χ2v) is 10.9. The number of rotatable bonds is 9. The summed E-state index contributed by atoms with van der Waals surface area (Å²) >= 11 is 7.62. The van der Waals surface area contributed by atoms with Crippen LogP contribution in [0.2, 0.25) is 5.02 Å². The van der Waals surface area contributed by atoms with Crippen molar-refractivity contribution in [2.24, 2.45) is 0 Å². The van der Waals surface area contributed by atoms with Gasteiger partial charge in [0.15, 0.2) is 0 Å². The second kappa shape index (κ2) is 12.0. The Hall–Kier alpha value is -3.75. The first-order valence-electron chi connectivity index (χ1n) is 12.8. The number of nitrogens with zero attached hydrogens (tertiary/aromatic N) is 3. The summed E-state index contributed by atoms with van der Waals surface area (Å²) in [4.78, 5) is 18.5. The van der Waals surface area contributed by atoms with Crippen molar-refractivity contribution in [3.05, 3.63) is 106 Å². The normalized spacial score (nSPS) is 14.5. The van der Waals surface area contributed by atoms with Crippen molar-refractivity contribution in [3.8, 4) is 5.75 Å². The fourth-order valence-corrected chi connectivity index (χ4v) is 5.24. The van der Waals surface area contributed by atoms with Gasteiger partial charge in [0.2, 0.25) is 11.1 Å². The number of thioether (sulfide) groups is 1. The van der Waals surface area contributed by atoms with Crippen LogP contribution in [0, 0.1) is 6.92 Å². The number of anilines is 2. The number of allylic oxidation sites excluding steroid dienone is 1. The number of hydrogen-bond donors (Lipinski definition) is 2. The Morgan fingerprint density at radius 2 is 1.90 bits per heavy atom. The number of aryl methyl sites for hydroxylation is 1. The van der Waals surface area contributed by atoms with Gasteiger partial charge in [-0.3, -0.25) is 4.79 Å². The molecule has 5 rings (SSSR count). The lowest BCUT2D eigenvalue weighted by Crippen LogP contribution is -2.31. The SMILES string of the molecule is CCCSc1nc2n(n1)C(c1cccc(OCc3ccc(Cl)cc3)c1)C(C(=O)Nc1cccc(C)c1)=C(C)N2. The molecule has 0 fully saturated rings. The number of halogens is 1. The Morgan fingerprint density at radius 3 is 2.67 bits per heavy atom. The Balaban J connectivity index is 1.49. The molecule has 0 saturated carbocycles. The Kier molecular flexibility index (Phi) is 8.24. The van der Waals surface area contributed by atoms with Crippen molar-refractivity contribution in [2.45, 2.75) is 45.0 Å². The monoisotopic (exact) mass is 559 g/mol. The van der Waals surface area contributed by atoms with Crippen LogP contribution in [0.4, 0.5) is 11.6 Å². The average molecular weight is 560 g/mol. The summed E-state index contributed by atoms with van der Waals surface area (Å²) in [6.45, 7) is 6.42. The van der Waals surface area contributed by atoms with Crippen molar-refractivity contribution < 1.29 is 9.53 Å². The van der Waals surface area contributed by atoms with E-state index in [1.54, 1.807) is 16.4 Å². The molecule has 2 N–H and O–H groups in total. The van der Waals surface area contributed by atoms with Crippen molar-refractivity contribution in [3.63, 3.8) is 0 Å². The maximum Gasteiger partial charge on any atom is 0.255 e. The lowest BCUT2D eigenvalue weighted by atomic mass is 9.94. The Labute approximate surface area is 237 Å². The smallest absolute Gasteiger partial charge is 0.255 e. The third kappa shape index (κ3) is 6.29. The largest absolute Gasteiger partial charge is 0.489 e. The standard InChI is InChI=1S/C30H30ClN5O2S/c1-4-15-39-30-34-29-32-20(3)26(28(37)33-24-9-5-7-19(2)16-24)27(36(29)35-30)22-8-6-10-25(17-22)38-18-21-11-13-23(31)14-12-21/h5-14,16-17,27H,4,15,18H2,1-3H3,(H,33,37)(H,32,34,35). The van der Waals surface area contributed by atoms with Crippen LogP contribution in [0.1, 0.15) is 43.0 Å². The fourth-order valence-electron chi connectivity index (χ4n) is 4.43. The van der Waals surface area contributed by atoms with Crippen LogP contribution in [-0.2, 0) is 11.4 Å². The number of hydrogen-bond acceptors (Lipinski definition) is 6. The van der Waals surface area contributed by atoms with Gasteiger partial charge < -0.3 is 15.4 Å². The van der Waals surface area contributed by atoms with E-state index in [0.717, 1.165) is 40.2 Å². The number of amides is 1. The summed E-state index contributed by atoms with van der Waals surface area (Å²) < 4.78 is 7.92. The van der Waals surface area contributed by atoms with Crippen molar-refractivity contribution in [2.75, 3.05) is 16.4 Å². The molecule has 200 valence electrons. The first kappa shape index (κ1) is 26.8. The number of benzene rings is 3. The highest BCUT2D eigenvalue weighted by atomic mass is 35.5. The molecule has 1 atom stereocenters. The van der Waals surface area contributed by atoms with Gasteiger partial charge in [-0.25, -0.2) is 4.68 Å². The lowest BCUT2D eigenvalue weighted by Gasteiger charge is -2.29. The zero-order chi connectivity index (χ0) is 27.4. The highest BCUT2D eigenvalue weighted by Gasteiger charge is 2.34. The molecule has 1 aliphatic heterocycles. The van der Waals surface area contributed by atoms with E-state index in [9.17, 15) is 4.79 Å². The van der Waals surface area contributed by atoms with Crippen LogP contribution >= 0.6 is 23.4 Å². The van der Waals surface area contributed by atoms with Gasteiger partial charge in [0, 0.05) is 22.2 Å². The summed E-state index contributed by atoms with van der Waals surface area (Å²) in [5, 5.41) is 12.5. The van der Waals surface area contributed by atoms with Crippen LogP contribution in [0.15, 0.2) is 89.2 Å². The highest BCUT2D eigenvalue weighted by molar-refractivity contribution is 7.99. The van der Waals surface area contributed by atoms with Crippen LogP contribution in [0.5, 0.6) is 5.75 Å². The van der Waals surface area contributed by atoms with E-state index < -0.39 is 6.04 Å². The van der Waals surface area contributed by atoms with E-state index in [0.29, 0.717) is 34.1 Å². The minimum absolute atomic E-state index is 0.202. The van der Waals surface area contributed by atoms with Gasteiger partial charge >= 0.3 is 0 Å². The van der Waals surface area contributed by atoms with E-state index in [2.05, 4.69) is 17.6 Å².